The molecule has 26 unspecified atom stereocenters. The van der Waals surface area contributed by atoms with E-state index in [2.05, 4.69) is 108 Å². The van der Waals surface area contributed by atoms with Crippen molar-refractivity contribution in [3.8, 4) is 0 Å². The van der Waals surface area contributed by atoms with Crippen LogP contribution >= 0.6 is 94.1 Å². The molecule has 8 saturated heterocycles. The van der Waals surface area contributed by atoms with E-state index in [9.17, 15) is 51.9 Å². The average molecular weight is 1310 g/mol. The highest BCUT2D eigenvalue weighted by Crippen LogP contribution is 2.72. The minimum absolute atomic E-state index is 0.148. The lowest BCUT2D eigenvalue weighted by molar-refractivity contribution is 0.253. The first-order chi connectivity index (χ1) is 36.9. The summed E-state index contributed by atoms with van der Waals surface area (Å²) in [7, 11) is -15.9. The van der Waals surface area contributed by atoms with Gasteiger partial charge in [0.25, 0.3) is 40.5 Å². The standard InChI is InChI=1S/C54H86O12S12/c1-27-19-33-29(11-3-7-15-75(55,56)57)35-21-41(69-49(35)47(33)67-27)43-23-37-31(13-5-9-17-77(61,62)63)39-25-45(73-53(39)51(37)71-43)46-26-40-32(14-6-10-18-78(64,65)66)38-24-44(72-52(38)54(40)74-46)42-22-36-30(12-4-8-16-76(58,59)60)34-20-28(2)68-48(34)50(36)70-42/h27-54H,3-26H2,1-2H3,(H,55,56,57)(H,58,59,60)(H,61,62,63)(H,64,65,66)/t27?,28?,29-,30?,31?,32+,33?,34?,35?,36?,37?,38?,39?,40?,41?,42?,43?,44?,45?,46?,47?,48?,49?,50?,51?,52?,53?,54?/m0/s1. The van der Waals surface area contributed by atoms with Crippen molar-refractivity contribution in [3.63, 3.8) is 0 Å². The smallest absolute Gasteiger partial charge is 0.264 e. The average Bonchev–Trinajstić information content (AvgIpc) is 4.11. The normalized spacial score (nSPS) is 49.1. The number of fused-ring (bicyclic) bond motifs is 12. The van der Waals surface area contributed by atoms with Gasteiger partial charge in [-0.25, -0.2) is 0 Å². The maximum atomic E-state index is 11.9. The van der Waals surface area contributed by atoms with E-state index in [1.165, 1.54) is 51.4 Å². The molecule has 0 aromatic carbocycles. The third-order valence-corrected chi connectivity index (χ3v) is 40.7. The largest absolute Gasteiger partial charge is 0.286 e. The van der Waals surface area contributed by atoms with Crippen molar-refractivity contribution in [3.05, 3.63) is 0 Å². The highest BCUT2D eigenvalue weighted by molar-refractivity contribution is 8.09. The number of rotatable bonds is 23. The Morgan fingerprint density at radius 1 is 0.282 bits per heavy atom. The van der Waals surface area contributed by atoms with E-state index in [4.69, 9.17) is 0 Å². The zero-order valence-corrected chi connectivity index (χ0v) is 54.9. The molecule has 446 valence electrons. The van der Waals surface area contributed by atoms with Crippen LogP contribution in [-0.4, -0.2) is 159 Å². The molecule has 0 aromatic rings. The summed E-state index contributed by atoms with van der Waals surface area (Å²) < 4.78 is 132. The Morgan fingerprint density at radius 2 is 0.462 bits per heavy atom. The second-order valence-corrected chi connectivity index (χ2v) is 44.7. The van der Waals surface area contributed by atoms with Gasteiger partial charge in [0, 0.05) is 84.0 Å². The topological polar surface area (TPSA) is 217 Å². The molecular weight excluding hydrogens is 1230 g/mol. The molecule has 0 spiro atoms. The lowest BCUT2D eigenvalue weighted by atomic mass is 9.78. The molecule has 78 heavy (non-hydrogen) atoms. The summed E-state index contributed by atoms with van der Waals surface area (Å²) in [5, 5.41) is 9.99. The lowest BCUT2D eigenvalue weighted by Crippen LogP contribution is -2.26. The van der Waals surface area contributed by atoms with Gasteiger partial charge in [0.15, 0.2) is 0 Å². The van der Waals surface area contributed by atoms with E-state index >= 15 is 0 Å². The zero-order valence-electron chi connectivity index (χ0n) is 45.1. The van der Waals surface area contributed by atoms with Crippen LogP contribution in [0.3, 0.4) is 0 Å². The minimum Gasteiger partial charge on any atom is -0.286 e. The van der Waals surface area contributed by atoms with Crippen molar-refractivity contribution in [1.82, 2.24) is 0 Å². The minimum atomic E-state index is -4.01. The Bertz CT molecular complexity index is 2440. The third kappa shape index (κ3) is 13.0. The lowest BCUT2D eigenvalue weighted by Gasteiger charge is -2.28. The highest BCUT2D eigenvalue weighted by Gasteiger charge is 2.66. The monoisotopic (exact) mass is 1310 g/mol. The van der Waals surface area contributed by atoms with Gasteiger partial charge in [-0.15, -0.1) is 0 Å². The van der Waals surface area contributed by atoms with Gasteiger partial charge in [-0.05, 0) is 174 Å². The van der Waals surface area contributed by atoms with Gasteiger partial charge in [0.1, 0.15) is 0 Å². The first kappa shape index (κ1) is 60.7. The molecule has 4 aliphatic carbocycles. The van der Waals surface area contributed by atoms with Gasteiger partial charge < -0.3 is 0 Å². The van der Waals surface area contributed by atoms with E-state index < -0.39 is 40.5 Å². The molecule has 0 bridgehead atoms. The van der Waals surface area contributed by atoms with Crippen LogP contribution in [0.1, 0.15) is 142 Å². The van der Waals surface area contributed by atoms with Crippen LogP contribution in [0.15, 0.2) is 0 Å². The Hall–Kier alpha value is 2.44. The highest BCUT2D eigenvalue weighted by atomic mass is 32.2. The molecule has 4 N–H and O–H groups in total. The quantitative estimate of drug-likeness (QED) is 0.0552. The van der Waals surface area contributed by atoms with Gasteiger partial charge in [-0.1, -0.05) is 39.5 Å². The summed E-state index contributed by atoms with van der Waals surface area (Å²) in [4.78, 5) is 0. The molecule has 12 aliphatic rings. The van der Waals surface area contributed by atoms with Crippen LogP contribution in [0.5, 0.6) is 0 Å². The molecule has 24 heteroatoms. The van der Waals surface area contributed by atoms with Crippen LogP contribution in [0.25, 0.3) is 0 Å². The summed E-state index contributed by atoms with van der Waals surface area (Å²) >= 11 is 18.3. The summed E-state index contributed by atoms with van der Waals surface area (Å²) in [6.07, 6.45) is 19.5. The molecule has 12 nitrogen and oxygen atoms in total. The van der Waals surface area contributed by atoms with Gasteiger partial charge in [-0.2, -0.15) is 128 Å². The SMILES string of the molecule is CC1CC2C(CCCCS(=O)(=O)O)C3CC(C4CC5C(S4)C4SC(C6CC7C(CCCCS(=O)(=O)O)C8CC(C9CC%10C(S9)C9SC(C)CC9[C@@H]%10CCCCS(=O)(=O)O)SC8C7S6)CC4[C@@H]5CCCCS(=O)(=O)O)SC3C2S1. The van der Waals surface area contributed by atoms with Crippen molar-refractivity contribution in [2.24, 2.45) is 71.0 Å². The predicted octanol–water partition coefficient (Wildman–Crippen LogP) is 11.7. The molecular formula is C54H86O12S12. The maximum absolute atomic E-state index is 11.9. The molecule has 12 fully saturated rings. The summed E-state index contributed by atoms with van der Waals surface area (Å²) in [6.45, 7) is 4.77. The van der Waals surface area contributed by atoms with Crippen LogP contribution in [0.2, 0.25) is 0 Å². The fraction of sp³-hybridized carbons (Fsp3) is 1.00. The van der Waals surface area contributed by atoms with Gasteiger partial charge in [0.2, 0.25) is 0 Å². The van der Waals surface area contributed by atoms with E-state index in [1.54, 1.807) is 0 Å². The summed E-state index contributed by atoms with van der Waals surface area (Å²) in [5.74, 6) is 6.99. The molecule has 0 radical (unpaired) electrons. The van der Waals surface area contributed by atoms with E-state index in [1.807, 2.05) is 0 Å². The summed E-state index contributed by atoms with van der Waals surface area (Å²) in [5.41, 5.74) is 0. The molecule has 28 atom stereocenters. The Morgan fingerprint density at radius 3 is 0.654 bits per heavy atom. The Kier molecular flexibility index (Phi) is 18.8. The van der Waals surface area contributed by atoms with Crippen LogP contribution in [-0.2, 0) is 40.5 Å². The van der Waals surface area contributed by atoms with Gasteiger partial charge in [-0.3, -0.25) is 18.2 Å². The molecule has 4 saturated carbocycles. The van der Waals surface area contributed by atoms with Gasteiger partial charge in [0.05, 0.1) is 23.0 Å². The maximum Gasteiger partial charge on any atom is 0.264 e. The van der Waals surface area contributed by atoms with Crippen molar-refractivity contribution >= 4 is 135 Å². The molecule has 12 rings (SSSR count). The van der Waals surface area contributed by atoms with Crippen molar-refractivity contribution in [2.75, 3.05) is 23.0 Å². The second kappa shape index (κ2) is 24.1. The third-order valence-electron chi connectivity index (χ3n) is 22.1. The number of thioether (sulfide) groups is 8. The number of hydrogen-bond acceptors (Lipinski definition) is 16. The Balaban J connectivity index is 0.720. The fourth-order valence-corrected chi connectivity index (χ4v) is 39.3. The van der Waals surface area contributed by atoms with E-state index in [0.717, 1.165) is 51.4 Å². The fourth-order valence-electron chi connectivity index (χ4n) is 19.4. The van der Waals surface area contributed by atoms with Crippen LogP contribution in [0.4, 0.5) is 0 Å². The van der Waals surface area contributed by atoms with Crippen LogP contribution in [0, 0.1) is 71.0 Å². The molecule has 8 aliphatic heterocycles. The second-order valence-electron chi connectivity index (χ2n) is 26.6. The molecule has 0 aromatic heterocycles. The first-order valence-electron chi connectivity index (χ1n) is 30.0. The Labute approximate surface area is 502 Å². The predicted molar refractivity (Wildman–Crippen MR) is 333 cm³/mol. The number of unbranched alkanes of at least 4 members (excludes halogenated alkanes) is 4. The van der Waals surface area contributed by atoms with Crippen molar-refractivity contribution in [2.45, 2.75) is 226 Å². The van der Waals surface area contributed by atoms with Crippen LogP contribution < -0.4 is 0 Å². The van der Waals surface area contributed by atoms with Gasteiger partial charge >= 0.3 is 0 Å². The molecule has 0 amide bonds. The van der Waals surface area contributed by atoms with Crippen molar-refractivity contribution in [1.29, 1.82) is 0 Å². The number of hydrogen-bond donors (Lipinski definition) is 4. The van der Waals surface area contributed by atoms with E-state index in [-0.39, 0.29) is 23.0 Å². The molecule has 8 heterocycles. The summed E-state index contributed by atoms with van der Waals surface area (Å²) in [6, 6.07) is 0. The van der Waals surface area contributed by atoms with E-state index in [0.29, 0.717) is 181 Å². The zero-order chi connectivity index (χ0) is 54.8. The van der Waals surface area contributed by atoms with Crippen molar-refractivity contribution < 1.29 is 51.9 Å². The first-order valence-corrected chi connectivity index (χ1v) is 44.0.